The number of carbonyl (C=O) groups is 2. The quantitative estimate of drug-likeness (QED) is 0.824. The number of nitrogens with zero attached hydrogens (tertiary/aromatic N) is 4. The minimum Gasteiger partial charge on any atom is -0.352 e. The first-order valence-electron chi connectivity index (χ1n) is 7.60. The van der Waals surface area contributed by atoms with Gasteiger partial charge in [0.2, 0.25) is 6.41 Å². The molecule has 1 aromatic heterocycles. The first kappa shape index (κ1) is 17.4. The van der Waals surface area contributed by atoms with Crippen molar-refractivity contribution >= 4 is 47.0 Å². The normalized spacial score (nSPS) is 14.3. The van der Waals surface area contributed by atoms with Gasteiger partial charge in [-0.15, -0.1) is 10.2 Å². The molecule has 0 spiro atoms. The third-order valence-electron chi connectivity index (χ3n) is 3.79. The van der Waals surface area contributed by atoms with Crippen molar-refractivity contribution in [3.8, 4) is 0 Å². The minimum atomic E-state index is -0.400. The lowest BCUT2D eigenvalue weighted by Crippen LogP contribution is -2.46. The van der Waals surface area contributed by atoms with Crippen molar-refractivity contribution < 1.29 is 9.59 Å². The summed E-state index contributed by atoms with van der Waals surface area (Å²) in [5.41, 5.74) is 0.671. The molecule has 2 aromatic rings. The fraction of sp³-hybridized carbons (Fsp3) is 0.250. The first-order chi connectivity index (χ1) is 12.0. The number of halogens is 2. The van der Waals surface area contributed by atoms with E-state index in [0.717, 1.165) is 6.41 Å². The molecule has 7 nitrogen and oxygen atoms in total. The van der Waals surface area contributed by atoms with Crippen LogP contribution in [-0.2, 0) is 4.79 Å². The molecule has 0 bridgehead atoms. The zero-order chi connectivity index (χ0) is 17.8. The van der Waals surface area contributed by atoms with E-state index in [1.165, 1.54) is 0 Å². The van der Waals surface area contributed by atoms with Crippen LogP contribution in [-0.4, -0.2) is 53.6 Å². The van der Waals surface area contributed by atoms with Crippen molar-refractivity contribution in [2.75, 3.05) is 36.4 Å². The molecule has 25 heavy (non-hydrogen) atoms. The van der Waals surface area contributed by atoms with E-state index < -0.39 is 5.91 Å². The second-order valence-electron chi connectivity index (χ2n) is 5.52. The third-order valence-corrected chi connectivity index (χ3v) is 4.23. The van der Waals surface area contributed by atoms with Gasteiger partial charge in [-0.05, 0) is 30.3 Å². The van der Waals surface area contributed by atoms with Crippen LogP contribution in [0.15, 0.2) is 30.3 Å². The van der Waals surface area contributed by atoms with Gasteiger partial charge in [-0.3, -0.25) is 9.59 Å². The number of anilines is 2. The molecule has 9 heteroatoms. The summed E-state index contributed by atoms with van der Waals surface area (Å²) < 4.78 is 0. The van der Waals surface area contributed by atoms with E-state index in [2.05, 4.69) is 15.5 Å². The lowest BCUT2D eigenvalue weighted by molar-refractivity contribution is -0.118. The molecule has 0 unspecified atom stereocenters. The molecule has 1 aliphatic heterocycles. The van der Waals surface area contributed by atoms with Gasteiger partial charge in [0, 0.05) is 41.9 Å². The number of hydrogen-bond donors (Lipinski definition) is 1. The van der Waals surface area contributed by atoms with Gasteiger partial charge in [-0.25, -0.2) is 0 Å². The van der Waals surface area contributed by atoms with E-state index in [9.17, 15) is 9.59 Å². The molecule has 1 fully saturated rings. The highest BCUT2D eigenvalue weighted by Crippen LogP contribution is 2.23. The van der Waals surface area contributed by atoms with Crippen LogP contribution in [0.4, 0.5) is 11.5 Å². The molecule has 0 saturated carbocycles. The SMILES string of the molecule is O=CN1CCN(c2ccc(C(=O)Nc3cc(Cl)cc(Cl)c3)nn2)CC1. The van der Waals surface area contributed by atoms with Crippen LogP contribution in [0.3, 0.4) is 0 Å². The average Bonchev–Trinajstić information content (AvgIpc) is 2.61. The van der Waals surface area contributed by atoms with Gasteiger partial charge in [0.1, 0.15) is 0 Å². The number of nitrogens with one attached hydrogen (secondary N) is 1. The summed E-state index contributed by atoms with van der Waals surface area (Å²) in [6.07, 6.45) is 0.846. The number of carbonyl (C=O) groups excluding carboxylic acids is 2. The zero-order valence-electron chi connectivity index (χ0n) is 13.2. The Morgan fingerprint density at radius 3 is 2.28 bits per heavy atom. The predicted molar refractivity (Wildman–Crippen MR) is 96.3 cm³/mol. The average molecular weight is 380 g/mol. The Balaban J connectivity index is 1.65. The summed E-state index contributed by atoms with van der Waals surface area (Å²) in [5.74, 6) is 0.274. The highest BCUT2D eigenvalue weighted by molar-refractivity contribution is 6.35. The molecule has 1 aromatic carbocycles. The summed E-state index contributed by atoms with van der Waals surface area (Å²) in [4.78, 5) is 26.7. The van der Waals surface area contributed by atoms with Gasteiger partial charge in [0.25, 0.3) is 5.91 Å². The zero-order valence-corrected chi connectivity index (χ0v) is 14.7. The van der Waals surface area contributed by atoms with Crippen LogP contribution < -0.4 is 10.2 Å². The maximum Gasteiger partial charge on any atom is 0.276 e. The maximum absolute atomic E-state index is 12.2. The summed E-state index contributed by atoms with van der Waals surface area (Å²) in [7, 11) is 0. The molecule has 0 atom stereocenters. The van der Waals surface area contributed by atoms with Crippen molar-refractivity contribution in [3.63, 3.8) is 0 Å². The second-order valence-corrected chi connectivity index (χ2v) is 6.39. The van der Waals surface area contributed by atoms with Crippen LogP contribution in [0.2, 0.25) is 10.0 Å². The Morgan fingerprint density at radius 2 is 1.72 bits per heavy atom. The minimum absolute atomic E-state index is 0.186. The van der Waals surface area contributed by atoms with Crippen molar-refractivity contribution in [1.82, 2.24) is 15.1 Å². The second kappa shape index (κ2) is 7.67. The van der Waals surface area contributed by atoms with Crippen LogP contribution in [0.1, 0.15) is 10.5 Å². The largest absolute Gasteiger partial charge is 0.352 e. The van der Waals surface area contributed by atoms with Crippen molar-refractivity contribution in [2.45, 2.75) is 0 Å². The van der Waals surface area contributed by atoms with E-state index in [4.69, 9.17) is 23.2 Å². The maximum atomic E-state index is 12.2. The Labute approximate surface area is 154 Å². The van der Waals surface area contributed by atoms with Gasteiger partial charge in [0.15, 0.2) is 11.5 Å². The van der Waals surface area contributed by atoms with Gasteiger partial charge in [-0.2, -0.15) is 0 Å². The number of rotatable bonds is 4. The molecule has 1 aliphatic rings. The fourth-order valence-electron chi connectivity index (χ4n) is 2.49. The van der Waals surface area contributed by atoms with E-state index in [1.807, 2.05) is 4.90 Å². The molecule has 0 radical (unpaired) electrons. The van der Waals surface area contributed by atoms with Crippen molar-refractivity contribution in [1.29, 1.82) is 0 Å². The van der Waals surface area contributed by atoms with Crippen molar-refractivity contribution in [2.24, 2.45) is 0 Å². The molecule has 3 rings (SSSR count). The number of benzene rings is 1. The van der Waals surface area contributed by atoms with Gasteiger partial charge in [-0.1, -0.05) is 23.2 Å². The molecule has 1 saturated heterocycles. The number of piperazine rings is 1. The topological polar surface area (TPSA) is 78.4 Å². The molecule has 2 amide bonds. The fourth-order valence-corrected chi connectivity index (χ4v) is 3.02. The highest BCUT2D eigenvalue weighted by Gasteiger charge is 2.18. The number of aromatic nitrogens is 2. The Morgan fingerprint density at radius 1 is 1.04 bits per heavy atom. The van der Waals surface area contributed by atoms with Crippen molar-refractivity contribution in [3.05, 3.63) is 46.1 Å². The molecule has 1 N–H and O–H groups in total. The number of amides is 2. The summed E-state index contributed by atoms with van der Waals surface area (Å²) in [6.45, 7) is 2.64. The summed E-state index contributed by atoms with van der Waals surface area (Å²) >= 11 is 11.8. The van der Waals surface area contributed by atoms with Gasteiger partial charge < -0.3 is 15.1 Å². The molecular weight excluding hydrogens is 365 g/mol. The van der Waals surface area contributed by atoms with Crippen LogP contribution in [0, 0.1) is 0 Å². The standard InChI is InChI=1S/C16H15Cl2N5O2/c17-11-7-12(18)9-13(8-11)19-16(25)14-1-2-15(21-20-14)23-5-3-22(10-24)4-6-23/h1-2,7-10H,3-6H2,(H,19,25). The van der Waals surface area contributed by atoms with E-state index in [-0.39, 0.29) is 5.69 Å². The smallest absolute Gasteiger partial charge is 0.276 e. The highest BCUT2D eigenvalue weighted by atomic mass is 35.5. The summed E-state index contributed by atoms with van der Waals surface area (Å²) in [6, 6.07) is 8.12. The van der Waals surface area contributed by atoms with Crippen LogP contribution in [0.5, 0.6) is 0 Å². The Hall–Kier alpha value is -2.38. The lowest BCUT2D eigenvalue weighted by Gasteiger charge is -2.32. The van der Waals surface area contributed by atoms with Crippen LogP contribution >= 0.6 is 23.2 Å². The van der Waals surface area contributed by atoms with E-state index in [0.29, 0.717) is 47.7 Å². The van der Waals surface area contributed by atoms with E-state index in [1.54, 1.807) is 35.2 Å². The predicted octanol–water partition coefficient (Wildman–Crippen LogP) is 2.31. The van der Waals surface area contributed by atoms with E-state index >= 15 is 0 Å². The molecule has 130 valence electrons. The monoisotopic (exact) mass is 379 g/mol. The molecular formula is C16H15Cl2N5O2. The first-order valence-corrected chi connectivity index (χ1v) is 8.36. The van der Waals surface area contributed by atoms with Gasteiger partial charge in [0.05, 0.1) is 0 Å². The number of hydrogen-bond acceptors (Lipinski definition) is 5. The van der Waals surface area contributed by atoms with Gasteiger partial charge >= 0.3 is 0 Å². The lowest BCUT2D eigenvalue weighted by atomic mass is 10.3. The molecule has 2 heterocycles. The third kappa shape index (κ3) is 4.37. The molecule has 0 aliphatic carbocycles. The van der Waals surface area contributed by atoms with Crippen LogP contribution in [0.25, 0.3) is 0 Å². The Kier molecular flexibility index (Phi) is 5.35. The summed E-state index contributed by atoms with van der Waals surface area (Å²) in [5, 5.41) is 11.6. The Bertz CT molecular complexity index is 756.